The van der Waals surface area contributed by atoms with Crippen LogP contribution in [0.25, 0.3) is 10.2 Å². The maximum Gasteiger partial charge on any atom is 0.262 e. The summed E-state index contributed by atoms with van der Waals surface area (Å²) in [7, 11) is 3.40. The number of Topliss-reactive ketones (excluding diaryl/α,β-unsaturated/α-hetero) is 1. The van der Waals surface area contributed by atoms with Gasteiger partial charge in [-0.3, -0.25) is 14.2 Å². The number of aromatic nitrogens is 2. The van der Waals surface area contributed by atoms with E-state index in [4.69, 9.17) is 9.72 Å². The Bertz CT molecular complexity index is 1130. The number of ketones is 1. The quantitative estimate of drug-likeness (QED) is 0.352. The second-order valence-corrected chi connectivity index (χ2v) is 9.05. The standard InChI is InChI=1S/C21H22N2O3S2/c1-12(24)13-8-9-16(26-3)14(10-13)11-27-21-22-19-18(20(25)23(21)2)15-6-4-5-7-17(15)28-19/h8-10H,4-7,11H2,1-3H3. The Morgan fingerprint density at radius 1 is 1.32 bits per heavy atom. The van der Waals surface area contributed by atoms with Crippen LogP contribution in [0.15, 0.2) is 28.2 Å². The number of hydrogen-bond donors (Lipinski definition) is 0. The van der Waals surface area contributed by atoms with Gasteiger partial charge in [0.05, 0.1) is 12.5 Å². The molecule has 4 rings (SSSR count). The smallest absolute Gasteiger partial charge is 0.262 e. The van der Waals surface area contributed by atoms with Gasteiger partial charge in [0.2, 0.25) is 0 Å². The fourth-order valence-corrected chi connectivity index (χ4v) is 5.90. The molecule has 0 N–H and O–H groups in total. The van der Waals surface area contributed by atoms with E-state index in [1.54, 1.807) is 43.1 Å². The summed E-state index contributed by atoms with van der Waals surface area (Å²) in [4.78, 5) is 31.7. The van der Waals surface area contributed by atoms with Crippen molar-refractivity contribution >= 4 is 39.1 Å². The van der Waals surface area contributed by atoms with Crippen molar-refractivity contribution in [3.63, 3.8) is 0 Å². The maximum absolute atomic E-state index is 13.0. The van der Waals surface area contributed by atoms with E-state index in [0.717, 1.165) is 40.8 Å². The molecule has 2 aromatic heterocycles. The SMILES string of the molecule is COc1ccc(C(C)=O)cc1CSc1nc2sc3c(c2c(=O)n1C)CCCC3. The summed E-state index contributed by atoms with van der Waals surface area (Å²) in [5.41, 5.74) is 2.82. The van der Waals surface area contributed by atoms with Crippen LogP contribution in [0.2, 0.25) is 0 Å². The van der Waals surface area contributed by atoms with Gasteiger partial charge in [-0.25, -0.2) is 4.98 Å². The number of carbonyl (C=O) groups is 1. The van der Waals surface area contributed by atoms with E-state index in [2.05, 4.69) is 0 Å². The topological polar surface area (TPSA) is 61.2 Å². The zero-order valence-corrected chi connectivity index (χ0v) is 17.8. The molecule has 1 aliphatic rings. The fraction of sp³-hybridized carbons (Fsp3) is 0.381. The minimum atomic E-state index is 0.0185. The minimum Gasteiger partial charge on any atom is -0.496 e. The lowest BCUT2D eigenvalue weighted by Crippen LogP contribution is -2.20. The lowest BCUT2D eigenvalue weighted by Gasteiger charge is -2.12. The van der Waals surface area contributed by atoms with Crippen molar-refractivity contribution in [1.82, 2.24) is 9.55 Å². The molecule has 1 aromatic carbocycles. The van der Waals surface area contributed by atoms with Gasteiger partial charge in [0.25, 0.3) is 5.56 Å². The number of rotatable bonds is 5. The van der Waals surface area contributed by atoms with E-state index in [1.807, 2.05) is 12.1 Å². The molecular formula is C21H22N2O3S2. The first-order valence-electron chi connectivity index (χ1n) is 9.31. The fourth-order valence-electron chi connectivity index (χ4n) is 3.65. The van der Waals surface area contributed by atoms with Crippen LogP contribution in [-0.4, -0.2) is 22.4 Å². The molecule has 0 atom stereocenters. The van der Waals surface area contributed by atoms with Crippen LogP contribution in [0.3, 0.4) is 0 Å². The van der Waals surface area contributed by atoms with E-state index >= 15 is 0 Å². The molecule has 0 fully saturated rings. The summed E-state index contributed by atoms with van der Waals surface area (Å²) < 4.78 is 7.09. The zero-order chi connectivity index (χ0) is 19.8. The summed E-state index contributed by atoms with van der Waals surface area (Å²) in [6, 6.07) is 5.44. The minimum absolute atomic E-state index is 0.0185. The summed E-state index contributed by atoms with van der Waals surface area (Å²) in [5, 5.41) is 1.49. The predicted octanol–water partition coefficient (Wildman–Crippen LogP) is 4.38. The number of nitrogens with zero attached hydrogens (tertiary/aromatic N) is 2. The molecule has 0 saturated carbocycles. The van der Waals surface area contributed by atoms with Crippen LogP contribution in [-0.2, 0) is 25.6 Å². The second kappa shape index (κ2) is 7.72. The molecule has 0 radical (unpaired) electrons. The molecule has 146 valence electrons. The molecule has 0 amide bonds. The Hall–Kier alpha value is -2.12. The number of aryl methyl sites for hydroxylation is 2. The van der Waals surface area contributed by atoms with Crippen LogP contribution in [0, 0.1) is 0 Å². The third-order valence-electron chi connectivity index (χ3n) is 5.20. The zero-order valence-electron chi connectivity index (χ0n) is 16.2. The van der Waals surface area contributed by atoms with Gasteiger partial charge in [-0.2, -0.15) is 0 Å². The normalized spacial score (nSPS) is 13.5. The van der Waals surface area contributed by atoms with Crippen molar-refractivity contribution in [3.8, 4) is 5.75 Å². The molecule has 5 nitrogen and oxygen atoms in total. The van der Waals surface area contributed by atoms with E-state index in [1.165, 1.54) is 28.6 Å². The maximum atomic E-state index is 13.0. The summed E-state index contributed by atoms with van der Waals surface area (Å²) in [6.45, 7) is 1.55. The van der Waals surface area contributed by atoms with Crippen molar-refractivity contribution in [2.45, 2.75) is 43.5 Å². The number of ether oxygens (including phenoxy) is 1. The van der Waals surface area contributed by atoms with Crippen molar-refractivity contribution in [3.05, 3.63) is 50.1 Å². The monoisotopic (exact) mass is 414 g/mol. The van der Waals surface area contributed by atoms with Crippen LogP contribution < -0.4 is 10.3 Å². The second-order valence-electron chi connectivity index (χ2n) is 7.02. The third-order valence-corrected chi connectivity index (χ3v) is 7.46. The Kier molecular flexibility index (Phi) is 5.29. The van der Waals surface area contributed by atoms with Gasteiger partial charge < -0.3 is 4.74 Å². The number of thioether (sulfide) groups is 1. The molecule has 0 spiro atoms. The van der Waals surface area contributed by atoms with Gasteiger partial charge in [0, 0.05) is 28.8 Å². The van der Waals surface area contributed by atoms with Gasteiger partial charge in [0.15, 0.2) is 10.9 Å². The van der Waals surface area contributed by atoms with Crippen molar-refractivity contribution in [2.24, 2.45) is 7.05 Å². The Balaban J connectivity index is 1.69. The van der Waals surface area contributed by atoms with Crippen LogP contribution in [0.4, 0.5) is 0 Å². The van der Waals surface area contributed by atoms with E-state index in [0.29, 0.717) is 16.5 Å². The Morgan fingerprint density at radius 2 is 2.11 bits per heavy atom. The number of benzene rings is 1. The van der Waals surface area contributed by atoms with E-state index in [9.17, 15) is 9.59 Å². The van der Waals surface area contributed by atoms with Crippen molar-refractivity contribution < 1.29 is 9.53 Å². The summed E-state index contributed by atoms with van der Waals surface area (Å²) in [5.74, 6) is 1.32. The molecule has 0 saturated heterocycles. The molecule has 0 aliphatic heterocycles. The number of thiophene rings is 1. The third kappa shape index (κ3) is 3.37. The van der Waals surface area contributed by atoms with E-state index in [-0.39, 0.29) is 11.3 Å². The first-order valence-corrected chi connectivity index (χ1v) is 11.1. The predicted molar refractivity (Wildman–Crippen MR) is 114 cm³/mol. The first-order chi connectivity index (χ1) is 13.5. The van der Waals surface area contributed by atoms with E-state index < -0.39 is 0 Å². The Morgan fingerprint density at radius 3 is 2.86 bits per heavy atom. The van der Waals surface area contributed by atoms with Gasteiger partial charge in [0.1, 0.15) is 10.6 Å². The molecule has 2 heterocycles. The lowest BCUT2D eigenvalue weighted by molar-refractivity contribution is 0.101. The highest BCUT2D eigenvalue weighted by atomic mass is 32.2. The van der Waals surface area contributed by atoms with Gasteiger partial charge in [-0.1, -0.05) is 11.8 Å². The molecule has 28 heavy (non-hydrogen) atoms. The molecular weight excluding hydrogens is 392 g/mol. The highest BCUT2D eigenvalue weighted by Crippen LogP contribution is 2.35. The van der Waals surface area contributed by atoms with Gasteiger partial charge in [-0.15, -0.1) is 11.3 Å². The van der Waals surface area contributed by atoms with Gasteiger partial charge in [-0.05, 0) is 56.4 Å². The summed E-state index contributed by atoms with van der Waals surface area (Å²) >= 11 is 3.16. The van der Waals surface area contributed by atoms with Crippen molar-refractivity contribution in [2.75, 3.05) is 7.11 Å². The van der Waals surface area contributed by atoms with Gasteiger partial charge >= 0.3 is 0 Å². The number of methoxy groups -OCH3 is 1. The average Bonchev–Trinajstić information content (AvgIpc) is 3.07. The number of fused-ring (bicyclic) bond motifs is 3. The first kappa shape index (κ1) is 19.2. The molecule has 0 bridgehead atoms. The molecule has 3 aromatic rings. The van der Waals surface area contributed by atoms with Crippen LogP contribution in [0.1, 0.15) is 46.1 Å². The largest absolute Gasteiger partial charge is 0.496 e. The lowest BCUT2D eigenvalue weighted by atomic mass is 9.97. The molecule has 0 unspecified atom stereocenters. The average molecular weight is 415 g/mol. The Labute approximate surface area is 171 Å². The van der Waals surface area contributed by atoms with Crippen molar-refractivity contribution in [1.29, 1.82) is 0 Å². The summed E-state index contributed by atoms with van der Waals surface area (Å²) in [6.07, 6.45) is 4.36. The molecule has 1 aliphatic carbocycles. The van der Waals surface area contributed by atoms with Crippen LogP contribution in [0.5, 0.6) is 5.75 Å². The molecule has 7 heteroatoms. The number of carbonyl (C=O) groups excluding carboxylic acids is 1. The highest BCUT2D eigenvalue weighted by Gasteiger charge is 2.21. The number of hydrogen-bond acceptors (Lipinski definition) is 6. The van der Waals surface area contributed by atoms with Crippen LogP contribution >= 0.6 is 23.1 Å². The highest BCUT2D eigenvalue weighted by molar-refractivity contribution is 7.98.